The maximum atomic E-state index is 2.49. The molecule has 0 amide bonds. The quantitative estimate of drug-likeness (QED) is 0.0839. The molecule has 6 unspecified atom stereocenters. The van der Waals surface area contributed by atoms with Crippen LogP contribution in [0.5, 0.6) is 0 Å². The van der Waals surface area contributed by atoms with Gasteiger partial charge in [-0.3, -0.25) is 0 Å². The van der Waals surface area contributed by atoms with Crippen LogP contribution < -0.4 is 0 Å². The predicted molar refractivity (Wildman–Crippen MR) is 202 cm³/mol. The topological polar surface area (TPSA) is 63.0 Å². The lowest BCUT2D eigenvalue weighted by molar-refractivity contribution is 0.267. The maximum absolute atomic E-state index is 2.49. The minimum absolute atomic E-state index is 0. The molecule has 0 aromatic carbocycles. The first kappa shape index (κ1) is 52.5. The first-order valence-electron chi connectivity index (χ1n) is 19.3. The van der Waals surface area contributed by atoms with E-state index in [1.54, 1.807) is 0 Å². The zero-order valence-corrected chi connectivity index (χ0v) is 31.4. The summed E-state index contributed by atoms with van der Waals surface area (Å²) in [6.07, 6.45) is 34.4. The molecule has 2 nitrogen and oxygen atoms in total. The molecule has 0 radical (unpaired) electrons. The summed E-state index contributed by atoms with van der Waals surface area (Å²) in [5.74, 6) is 5.89. The van der Waals surface area contributed by atoms with E-state index in [4.69, 9.17) is 0 Å². The molecule has 6 atom stereocenters. The molecule has 0 aromatic rings. The maximum Gasteiger partial charge on any atom is -0.0409 e. The fourth-order valence-corrected chi connectivity index (χ4v) is 7.03. The SMILES string of the molecule is C.CCCCC(C)CC(CCCC)CC(CC)CCCC.CCCCC(C)CC(CCCC)CC(CC)CCCC.O.O. The summed E-state index contributed by atoms with van der Waals surface area (Å²) < 4.78 is 0. The van der Waals surface area contributed by atoms with Crippen LogP contribution in [0.15, 0.2) is 0 Å². The minimum Gasteiger partial charge on any atom is -0.412 e. The van der Waals surface area contributed by atoms with E-state index in [0.29, 0.717) is 0 Å². The first-order valence-corrected chi connectivity index (χ1v) is 19.3. The third-order valence-corrected chi connectivity index (χ3v) is 9.92. The van der Waals surface area contributed by atoms with E-state index in [1.165, 1.54) is 154 Å². The van der Waals surface area contributed by atoms with Crippen LogP contribution in [0.25, 0.3) is 0 Å². The highest BCUT2D eigenvalue weighted by molar-refractivity contribution is 4.71. The molecule has 0 rings (SSSR count). The number of hydrogen-bond donors (Lipinski definition) is 0. The lowest BCUT2D eigenvalue weighted by Crippen LogP contribution is -2.12. The Balaban J connectivity index is -0.000000209. The Morgan fingerprint density at radius 1 is 0.326 bits per heavy atom. The van der Waals surface area contributed by atoms with E-state index in [1.807, 2.05) is 0 Å². The molecule has 0 aliphatic rings. The lowest BCUT2D eigenvalue weighted by Gasteiger charge is -2.25. The zero-order chi connectivity index (χ0) is 30.4. The summed E-state index contributed by atoms with van der Waals surface area (Å²) in [6, 6.07) is 0. The molecule has 2 heteroatoms. The van der Waals surface area contributed by atoms with E-state index >= 15 is 0 Å². The van der Waals surface area contributed by atoms with Gasteiger partial charge in [0.2, 0.25) is 0 Å². The van der Waals surface area contributed by atoms with Crippen LogP contribution in [0.1, 0.15) is 231 Å². The van der Waals surface area contributed by atoms with Crippen LogP contribution in [0.2, 0.25) is 0 Å². The molecule has 0 aromatic heterocycles. The van der Waals surface area contributed by atoms with Crippen molar-refractivity contribution in [3.8, 4) is 0 Å². The highest BCUT2D eigenvalue weighted by atomic mass is 16.0. The van der Waals surface area contributed by atoms with E-state index < -0.39 is 0 Å². The lowest BCUT2D eigenvalue weighted by atomic mass is 9.81. The van der Waals surface area contributed by atoms with E-state index in [2.05, 4.69) is 69.2 Å². The van der Waals surface area contributed by atoms with Gasteiger partial charge >= 0.3 is 0 Å². The molecule has 0 aliphatic heterocycles. The number of hydrogen-bond acceptors (Lipinski definition) is 0. The van der Waals surface area contributed by atoms with Crippen molar-refractivity contribution in [3.05, 3.63) is 0 Å². The van der Waals surface area contributed by atoms with Gasteiger partial charge in [0, 0.05) is 0 Å². The van der Waals surface area contributed by atoms with Crippen LogP contribution in [-0.4, -0.2) is 11.0 Å². The van der Waals surface area contributed by atoms with Crippen molar-refractivity contribution in [2.75, 3.05) is 0 Å². The molecule has 0 saturated carbocycles. The van der Waals surface area contributed by atoms with Crippen molar-refractivity contribution in [1.82, 2.24) is 0 Å². The molecule has 0 spiro atoms. The summed E-state index contributed by atoms with van der Waals surface area (Å²) in [4.78, 5) is 0. The Morgan fingerprint density at radius 3 is 0.791 bits per heavy atom. The van der Waals surface area contributed by atoms with E-state index in [0.717, 1.165) is 35.5 Å². The second-order valence-electron chi connectivity index (χ2n) is 14.3. The fourth-order valence-electron chi connectivity index (χ4n) is 7.03. The third-order valence-electron chi connectivity index (χ3n) is 9.92. The Hall–Kier alpha value is -0.0800. The van der Waals surface area contributed by atoms with Crippen LogP contribution in [0, 0.1) is 35.5 Å². The molecular weight excluding hydrogens is 524 g/mol. The molecule has 0 fully saturated rings. The highest BCUT2D eigenvalue weighted by Crippen LogP contribution is 2.32. The molecule has 0 bridgehead atoms. The Morgan fingerprint density at radius 2 is 0.558 bits per heavy atom. The highest BCUT2D eigenvalue weighted by Gasteiger charge is 2.18. The molecule has 4 N–H and O–H groups in total. The standard InChI is InChI=1S/2C20H42.CH4.2H2O/c2*1-6-10-13-18(5)16-20(15-12-8-3)17-19(9-4)14-11-7-2;;;/h2*18-20H,6-17H2,1-5H3;1H4;2*1H2. The Kier molecular flexibility index (Phi) is 48.7. The summed E-state index contributed by atoms with van der Waals surface area (Å²) in [5, 5.41) is 0. The van der Waals surface area contributed by atoms with Gasteiger partial charge in [0.05, 0.1) is 0 Å². The Bertz CT molecular complexity index is 423. The number of unbranched alkanes of at least 4 members (excludes halogenated alkanes) is 6. The second-order valence-corrected chi connectivity index (χ2v) is 14.3. The van der Waals surface area contributed by atoms with Gasteiger partial charge in [-0.1, -0.05) is 205 Å². The smallest absolute Gasteiger partial charge is 0.0409 e. The summed E-state index contributed by atoms with van der Waals surface area (Å²) >= 11 is 0. The predicted octanol–water partition coefficient (Wildman–Crippen LogP) is 14.2. The molecule has 0 heterocycles. The van der Waals surface area contributed by atoms with Crippen molar-refractivity contribution in [3.63, 3.8) is 0 Å². The van der Waals surface area contributed by atoms with Crippen molar-refractivity contribution >= 4 is 0 Å². The Labute approximate surface area is 276 Å². The van der Waals surface area contributed by atoms with Crippen molar-refractivity contribution < 1.29 is 11.0 Å². The van der Waals surface area contributed by atoms with Crippen LogP contribution in [0.3, 0.4) is 0 Å². The van der Waals surface area contributed by atoms with Crippen molar-refractivity contribution in [2.24, 2.45) is 35.5 Å². The summed E-state index contributed by atoms with van der Waals surface area (Å²) in [6.45, 7) is 23.7. The first-order chi connectivity index (χ1) is 19.3. The normalized spacial score (nSPS) is 14.9. The average molecular weight is 617 g/mol. The molecule has 0 saturated heterocycles. The van der Waals surface area contributed by atoms with E-state index in [-0.39, 0.29) is 18.4 Å². The van der Waals surface area contributed by atoms with Crippen LogP contribution >= 0.6 is 0 Å². The summed E-state index contributed by atoms with van der Waals surface area (Å²) in [7, 11) is 0. The average Bonchev–Trinajstić information content (AvgIpc) is 2.96. The largest absolute Gasteiger partial charge is 0.412 e. The van der Waals surface area contributed by atoms with Crippen LogP contribution in [-0.2, 0) is 0 Å². The molecule has 0 aliphatic carbocycles. The van der Waals surface area contributed by atoms with Gasteiger partial charge in [-0.15, -0.1) is 0 Å². The van der Waals surface area contributed by atoms with Gasteiger partial charge in [0.25, 0.3) is 0 Å². The minimum atomic E-state index is 0. The van der Waals surface area contributed by atoms with Crippen molar-refractivity contribution in [1.29, 1.82) is 0 Å². The monoisotopic (exact) mass is 617 g/mol. The van der Waals surface area contributed by atoms with Gasteiger partial charge in [0.1, 0.15) is 0 Å². The van der Waals surface area contributed by atoms with Gasteiger partial charge in [-0.25, -0.2) is 0 Å². The molecule has 268 valence electrons. The molecule has 43 heavy (non-hydrogen) atoms. The van der Waals surface area contributed by atoms with Gasteiger partial charge in [-0.05, 0) is 61.2 Å². The van der Waals surface area contributed by atoms with E-state index in [9.17, 15) is 0 Å². The number of rotatable bonds is 28. The van der Waals surface area contributed by atoms with Gasteiger partial charge in [-0.2, -0.15) is 0 Å². The van der Waals surface area contributed by atoms with Crippen LogP contribution in [0.4, 0.5) is 0 Å². The molecular formula is C41H92O2. The van der Waals surface area contributed by atoms with Gasteiger partial charge < -0.3 is 11.0 Å². The van der Waals surface area contributed by atoms with Gasteiger partial charge in [0.15, 0.2) is 0 Å². The third kappa shape index (κ3) is 34.6. The second kappa shape index (κ2) is 39.9. The van der Waals surface area contributed by atoms with Crippen molar-refractivity contribution in [2.45, 2.75) is 231 Å². The summed E-state index contributed by atoms with van der Waals surface area (Å²) in [5.41, 5.74) is 0. The fraction of sp³-hybridized carbons (Fsp3) is 1.00. The zero-order valence-electron chi connectivity index (χ0n) is 31.4.